The van der Waals surface area contributed by atoms with Crippen LogP contribution >= 0.6 is 0 Å². The first-order valence-electron chi connectivity index (χ1n) is 8.47. The summed E-state index contributed by atoms with van der Waals surface area (Å²) in [5.41, 5.74) is 3.13. The van der Waals surface area contributed by atoms with Gasteiger partial charge in [-0.3, -0.25) is 0 Å². The van der Waals surface area contributed by atoms with E-state index in [9.17, 15) is 4.79 Å². The van der Waals surface area contributed by atoms with Crippen molar-refractivity contribution in [3.63, 3.8) is 0 Å². The molecule has 0 radical (unpaired) electrons. The van der Waals surface area contributed by atoms with E-state index in [-0.39, 0.29) is 6.03 Å². The third-order valence-corrected chi connectivity index (χ3v) is 5.17. The van der Waals surface area contributed by atoms with Crippen molar-refractivity contribution in [2.24, 2.45) is 11.8 Å². The lowest BCUT2D eigenvalue weighted by Crippen LogP contribution is -2.34. The highest BCUT2D eigenvalue weighted by Gasteiger charge is 2.33. The van der Waals surface area contributed by atoms with Crippen molar-refractivity contribution < 1.29 is 9.53 Å². The summed E-state index contributed by atoms with van der Waals surface area (Å²) in [6.07, 6.45) is 2.24. The molecule has 0 bridgehead atoms. The molecule has 23 heavy (non-hydrogen) atoms. The quantitative estimate of drug-likeness (QED) is 0.932. The number of ether oxygens (including phenoxy) is 1. The Bertz CT molecular complexity index is 567. The minimum atomic E-state index is 0.0189. The van der Waals surface area contributed by atoms with Crippen LogP contribution in [0.4, 0.5) is 16.2 Å². The second kappa shape index (κ2) is 6.79. The first-order chi connectivity index (χ1) is 11.1. The molecule has 0 spiro atoms. The summed E-state index contributed by atoms with van der Waals surface area (Å²) in [6, 6.07) is 6.04. The van der Waals surface area contributed by atoms with Crippen molar-refractivity contribution in [3.05, 3.63) is 23.8 Å². The molecule has 2 saturated heterocycles. The summed E-state index contributed by atoms with van der Waals surface area (Å²) in [7, 11) is 4.03. The summed E-state index contributed by atoms with van der Waals surface area (Å²) in [5.74, 6) is 1.23. The Kier molecular flexibility index (Phi) is 4.76. The Morgan fingerprint density at radius 2 is 2.13 bits per heavy atom. The molecule has 0 aromatic heterocycles. The van der Waals surface area contributed by atoms with E-state index in [1.54, 1.807) is 0 Å². The first kappa shape index (κ1) is 16.1. The van der Waals surface area contributed by atoms with E-state index in [1.165, 1.54) is 0 Å². The Hall–Kier alpha value is -1.75. The Morgan fingerprint density at radius 1 is 1.30 bits per heavy atom. The lowest BCUT2D eigenvalue weighted by atomic mass is 9.91. The molecule has 5 nitrogen and oxygen atoms in total. The maximum atomic E-state index is 12.6. The predicted octanol–water partition coefficient (Wildman–Crippen LogP) is 2.95. The van der Waals surface area contributed by atoms with Crippen LogP contribution in [0.2, 0.25) is 0 Å². The molecular formula is C18H27N3O2. The van der Waals surface area contributed by atoms with Crippen LogP contribution < -0.4 is 10.2 Å². The van der Waals surface area contributed by atoms with Crippen LogP contribution in [-0.2, 0) is 4.74 Å². The first-order valence-corrected chi connectivity index (χ1v) is 8.47. The molecule has 2 unspecified atom stereocenters. The van der Waals surface area contributed by atoms with Crippen molar-refractivity contribution in [1.82, 2.24) is 4.90 Å². The highest BCUT2D eigenvalue weighted by molar-refractivity contribution is 5.91. The maximum Gasteiger partial charge on any atom is 0.321 e. The molecular weight excluding hydrogens is 290 g/mol. The number of nitrogens with zero attached hydrogens (tertiary/aromatic N) is 2. The molecule has 2 heterocycles. The van der Waals surface area contributed by atoms with Gasteiger partial charge in [0.1, 0.15) is 0 Å². The Morgan fingerprint density at radius 3 is 2.83 bits per heavy atom. The van der Waals surface area contributed by atoms with Gasteiger partial charge in [-0.05, 0) is 49.3 Å². The number of carbonyl (C=O) groups is 1. The average Bonchev–Trinajstić information content (AvgIpc) is 3.19. The number of nitrogens with one attached hydrogen (secondary N) is 1. The third kappa shape index (κ3) is 3.44. The van der Waals surface area contributed by atoms with Crippen molar-refractivity contribution >= 4 is 17.4 Å². The molecule has 1 aromatic carbocycles. The number of carbonyl (C=O) groups excluding carboxylic acids is 1. The molecule has 0 aliphatic carbocycles. The second-order valence-electron chi connectivity index (χ2n) is 6.89. The highest BCUT2D eigenvalue weighted by atomic mass is 16.5. The molecule has 126 valence electrons. The fourth-order valence-electron chi connectivity index (χ4n) is 3.72. The maximum absolute atomic E-state index is 12.6. The number of benzene rings is 1. The van der Waals surface area contributed by atoms with Gasteiger partial charge in [0.25, 0.3) is 0 Å². The van der Waals surface area contributed by atoms with Crippen LogP contribution in [0.5, 0.6) is 0 Å². The summed E-state index contributed by atoms with van der Waals surface area (Å²) < 4.78 is 5.49. The topological polar surface area (TPSA) is 44.8 Å². The van der Waals surface area contributed by atoms with Gasteiger partial charge in [-0.25, -0.2) is 4.79 Å². The van der Waals surface area contributed by atoms with Gasteiger partial charge in [0.05, 0.1) is 0 Å². The Balaban J connectivity index is 1.62. The van der Waals surface area contributed by atoms with Gasteiger partial charge >= 0.3 is 6.03 Å². The van der Waals surface area contributed by atoms with Crippen LogP contribution in [0.15, 0.2) is 18.2 Å². The molecule has 2 atom stereocenters. The summed E-state index contributed by atoms with van der Waals surface area (Å²) >= 11 is 0. The van der Waals surface area contributed by atoms with E-state index in [1.807, 2.05) is 38.1 Å². The van der Waals surface area contributed by atoms with Crippen LogP contribution in [0.25, 0.3) is 0 Å². The average molecular weight is 317 g/mol. The molecule has 5 heteroatoms. The van der Waals surface area contributed by atoms with Crippen molar-refractivity contribution in [2.45, 2.75) is 19.8 Å². The van der Waals surface area contributed by atoms with Gasteiger partial charge in [0.15, 0.2) is 0 Å². The molecule has 2 fully saturated rings. The lowest BCUT2D eigenvalue weighted by molar-refractivity contribution is 0.171. The molecule has 2 aliphatic rings. The number of likely N-dealkylation sites (tertiary alicyclic amines) is 1. The fourth-order valence-corrected chi connectivity index (χ4v) is 3.72. The van der Waals surface area contributed by atoms with Gasteiger partial charge in [-0.15, -0.1) is 0 Å². The standard InChI is InChI=1S/C18H27N3O2/c1-13-16(5-4-6-17(13)20(2)3)19-18(22)21-9-7-14(11-21)15-8-10-23-12-15/h4-6,14-15H,7-12H2,1-3H3,(H,19,22). The molecule has 1 N–H and O–H groups in total. The van der Waals surface area contributed by atoms with Crippen molar-refractivity contribution in [2.75, 3.05) is 50.6 Å². The zero-order valence-corrected chi connectivity index (χ0v) is 14.3. The molecule has 1 aromatic rings. The minimum absolute atomic E-state index is 0.0189. The van der Waals surface area contributed by atoms with Gasteiger partial charge in [0, 0.05) is 51.8 Å². The summed E-state index contributed by atoms with van der Waals surface area (Å²) in [5, 5.41) is 3.09. The number of urea groups is 1. The Labute approximate surface area is 138 Å². The number of hydrogen-bond acceptors (Lipinski definition) is 3. The predicted molar refractivity (Wildman–Crippen MR) is 93.1 cm³/mol. The zero-order chi connectivity index (χ0) is 16.4. The van der Waals surface area contributed by atoms with Crippen LogP contribution in [0, 0.1) is 18.8 Å². The highest BCUT2D eigenvalue weighted by Crippen LogP contribution is 2.31. The molecule has 2 aliphatic heterocycles. The van der Waals surface area contributed by atoms with Gasteiger partial charge in [0.2, 0.25) is 0 Å². The van der Waals surface area contributed by atoms with E-state index in [0.29, 0.717) is 11.8 Å². The largest absolute Gasteiger partial charge is 0.381 e. The van der Waals surface area contributed by atoms with Crippen molar-refractivity contribution in [1.29, 1.82) is 0 Å². The van der Waals surface area contributed by atoms with Gasteiger partial charge < -0.3 is 19.9 Å². The SMILES string of the molecule is Cc1c(NC(=O)N2CCC(C3CCOC3)C2)cccc1N(C)C. The van der Waals surface area contributed by atoms with Crippen molar-refractivity contribution in [3.8, 4) is 0 Å². The van der Waals surface area contributed by atoms with E-state index in [2.05, 4.69) is 16.3 Å². The molecule has 2 amide bonds. The summed E-state index contributed by atoms with van der Waals surface area (Å²) in [4.78, 5) is 16.6. The van der Waals surface area contributed by atoms with Gasteiger partial charge in [-0.1, -0.05) is 6.07 Å². The summed E-state index contributed by atoms with van der Waals surface area (Å²) in [6.45, 7) is 5.49. The lowest BCUT2D eigenvalue weighted by Gasteiger charge is -2.22. The van der Waals surface area contributed by atoms with E-state index < -0.39 is 0 Å². The normalized spacial score (nSPS) is 24.0. The van der Waals surface area contributed by atoms with Crippen LogP contribution in [-0.4, -0.2) is 51.3 Å². The van der Waals surface area contributed by atoms with Gasteiger partial charge in [-0.2, -0.15) is 0 Å². The number of rotatable bonds is 3. The van der Waals surface area contributed by atoms with Crippen LogP contribution in [0.1, 0.15) is 18.4 Å². The van der Waals surface area contributed by atoms with E-state index in [0.717, 1.165) is 56.1 Å². The van der Waals surface area contributed by atoms with E-state index >= 15 is 0 Å². The number of hydrogen-bond donors (Lipinski definition) is 1. The zero-order valence-electron chi connectivity index (χ0n) is 14.3. The third-order valence-electron chi connectivity index (χ3n) is 5.17. The van der Waals surface area contributed by atoms with E-state index in [4.69, 9.17) is 4.74 Å². The molecule has 3 rings (SSSR count). The minimum Gasteiger partial charge on any atom is -0.381 e. The number of amides is 2. The smallest absolute Gasteiger partial charge is 0.321 e. The van der Waals surface area contributed by atoms with Crippen LogP contribution in [0.3, 0.4) is 0 Å². The monoisotopic (exact) mass is 317 g/mol. The molecule has 0 saturated carbocycles. The fraction of sp³-hybridized carbons (Fsp3) is 0.611. The number of anilines is 2. The second-order valence-corrected chi connectivity index (χ2v) is 6.89.